The first kappa shape index (κ1) is 29.9. The molecule has 0 atom stereocenters. The summed E-state index contributed by atoms with van der Waals surface area (Å²) in [6.07, 6.45) is 46.1. The van der Waals surface area contributed by atoms with Crippen LogP contribution in [0.3, 0.4) is 0 Å². The van der Waals surface area contributed by atoms with Gasteiger partial charge in [-0.25, -0.2) is 0 Å². The fraction of sp³-hybridized carbons (Fsp3) is 0.781. The predicted molar refractivity (Wildman–Crippen MR) is 148 cm³/mol. The monoisotopic (exact) mass is 456 g/mol. The Bertz CT molecular complexity index is 477. The van der Waals surface area contributed by atoms with Crippen LogP contribution in [0.25, 0.3) is 0 Å². The van der Waals surface area contributed by atoms with Gasteiger partial charge in [-0.3, -0.25) is 4.79 Å². The first-order valence-electron chi connectivity index (χ1n) is 14.9. The van der Waals surface area contributed by atoms with Crippen molar-refractivity contribution in [1.29, 1.82) is 0 Å². The molecule has 0 aromatic heterocycles. The van der Waals surface area contributed by atoms with Gasteiger partial charge in [-0.1, -0.05) is 120 Å². The second-order valence-electron chi connectivity index (χ2n) is 10.2. The number of carbonyl (C=O) groups excluding carboxylic acids is 1. The van der Waals surface area contributed by atoms with E-state index in [9.17, 15) is 4.79 Å². The van der Waals surface area contributed by atoms with Crippen LogP contribution in [0.5, 0.6) is 0 Å². The van der Waals surface area contributed by atoms with Crippen molar-refractivity contribution in [3.8, 4) is 0 Å². The Balaban J connectivity index is 0.000000331. The van der Waals surface area contributed by atoms with Crippen molar-refractivity contribution in [2.45, 2.75) is 161 Å². The Labute approximate surface area is 207 Å². The van der Waals surface area contributed by atoms with Crippen LogP contribution in [0.2, 0.25) is 0 Å². The van der Waals surface area contributed by atoms with E-state index in [1.807, 2.05) is 0 Å². The maximum atomic E-state index is 11.6. The fourth-order valence-corrected chi connectivity index (χ4v) is 4.70. The molecular weight excluding hydrogens is 400 g/mol. The lowest BCUT2D eigenvalue weighted by Crippen LogP contribution is -1.97. The molecule has 2 aliphatic rings. The van der Waals surface area contributed by atoms with Crippen molar-refractivity contribution in [2.75, 3.05) is 0 Å². The lowest BCUT2D eigenvalue weighted by atomic mass is 10.0. The zero-order valence-corrected chi connectivity index (χ0v) is 22.1. The van der Waals surface area contributed by atoms with Crippen LogP contribution in [-0.4, -0.2) is 5.78 Å². The average Bonchev–Trinajstić information content (AvgIpc) is 2.81. The molecule has 33 heavy (non-hydrogen) atoms. The van der Waals surface area contributed by atoms with Gasteiger partial charge >= 0.3 is 0 Å². The van der Waals surface area contributed by atoms with E-state index in [0.29, 0.717) is 5.78 Å². The number of allylic oxidation sites excluding steroid dienone is 6. The number of rotatable bonds is 0. The van der Waals surface area contributed by atoms with E-state index in [1.165, 1.54) is 135 Å². The standard InChI is InChI=1S/C16H28O.C16H28/c17-16-14-12-10-8-6-4-2-1-3-5-7-9-11-13-15-16;1-2-4-6-8-10-12-14-16-15-13-11-9-7-5-3-1/h1-2H,3-15H2;1-4H,5-16H2/b2-1+;3-1-,4-2+. The van der Waals surface area contributed by atoms with Crippen LogP contribution in [-0.2, 0) is 4.79 Å². The van der Waals surface area contributed by atoms with Crippen molar-refractivity contribution >= 4 is 5.78 Å². The van der Waals surface area contributed by atoms with Crippen molar-refractivity contribution in [2.24, 2.45) is 0 Å². The highest BCUT2D eigenvalue weighted by Crippen LogP contribution is 2.14. The normalized spacial score (nSPS) is 25.2. The molecule has 190 valence electrons. The lowest BCUT2D eigenvalue weighted by Gasteiger charge is -2.03. The zero-order valence-electron chi connectivity index (χ0n) is 22.1. The van der Waals surface area contributed by atoms with Crippen LogP contribution in [0.4, 0.5) is 0 Å². The minimum atomic E-state index is 0.497. The highest BCUT2D eigenvalue weighted by Gasteiger charge is 2.02. The van der Waals surface area contributed by atoms with Crippen molar-refractivity contribution in [1.82, 2.24) is 0 Å². The number of ketones is 1. The van der Waals surface area contributed by atoms with Crippen LogP contribution >= 0.6 is 0 Å². The molecule has 1 heteroatoms. The molecule has 0 aromatic rings. The Kier molecular flexibility index (Phi) is 23.1. The molecule has 0 saturated heterocycles. The molecule has 0 N–H and O–H groups in total. The van der Waals surface area contributed by atoms with Gasteiger partial charge in [-0.05, 0) is 64.2 Å². The second-order valence-corrected chi connectivity index (χ2v) is 10.2. The molecule has 1 nitrogen and oxygen atoms in total. The molecule has 0 aliphatic heterocycles. The third-order valence-electron chi connectivity index (χ3n) is 6.94. The average molecular weight is 457 g/mol. The number of carbonyl (C=O) groups is 1. The largest absolute Gasteiger partial charge is 0.300 e. The van der Waals surface area contributed by atoms with Crippen LogP contribution < -0.4 is 0 Å². The molecule has 0 saturated carbocycles. The summed E-state index contributed by atoms with van der Waals surface area (Å²) >= 11 is 0. The molecule has 0 fully saturated rings. The molecule has 0 unspecified atom stereocenters. The van der Waals surface area contributed by atoms with Gasteiger partial charge < -0.3 is 0 Å². The summed E-state index contributed by atoms with van der Waals surface area (Å²) in [7, 11) is 0. The Morgan fingerprint density at radius 3 is 0.970 bits per heavy atom. The minimum absolute atomic E-state index is 0.497. The van der Waals surface area contributed by atoms with Gasteiger partial charge in [-0.15, -0.1) is 0 Å². The van der Waals surface area contributed by atoms with Gasteiger partial charge in [0.05, 0.1) is 0 Å². The van der Waals surface area contributed by atoms with Gasteiger partial charge in [0, 0.05) is 12.8 Å². The maximum absolute atomic E-state index is 11.6. The van der Waals surface area contributed by atoms with E-state index in [1.54, 1.807) is 0 Å². The van der Waals surface area contributed by atoms with E-state index < -0.39 is 0 Å². The summed E-state index contributed by atoms with van der Waals surface area (Å²) < 4.78 is 0. The van der Waals surface area contributed by atoms with Crippen molar-refractivity contribution in [3.05, 3.63) is 36.5 Å². The third kappa shape index (κ3) is 23.8. The highest BCUT2D eigenvalue weighted by atomic mass is 16.1. The molecule has 0 aromatic carbocycles. The molecule has 0 radical (unpaired) electrons. The van der Waals surface area contributed by atoms with Gasteiger partial charge in [0.25, 0.3) is 0 Å². The summed E-state index contributed by atoms with van der Waals surface area (Å²) in [5.74, 6) is 0.497. The Hall–Kier alpha value is -1.11. The van der Waals surface area contributed by atoms with E-state index in [0.717, 1.165) is 25.7 Å². The summed E-state index contributed by atoms with van der Waals surface area (Å²) in [4.78, 5) is 11.6. The molecule has 2 rings (SSSR count). The molecule has 0 spiro atoms. The maximum Gasteiger partial charge on any atom is 0.132 e. The number of hydrogen-bond acceptors (Lipinski definition) is 1. The van der Waals surface area contributed by atoms with Crippen LogP contribution in [0.1, 0.15) is 161 Å². The molecule has 0 bridgehead atoms. The topological polar surface area (TPSA) is 17.1 Å². The Morgan fingerprint density at radius 1 is 0.333 bits per heavy atom. The van der Waals surface area contributed by atoms with E-state index in [4.69, 9.17) is 0 Å². The predicted octanol–water partition coefficient (Wildman–Crippen LogP) is 11.0. The summed E-state index contributed by atoms with van der Waals surface area (Å²) in [5, 5.41) is 0. The Morgan fingerprint density at radius 2 is 0.606 bits per heavy atom. The summed E-state index contributed by atoms with van der Waals surface area (Å²) in [6.45, 7) is 0. The van der Waals surface area contributed by atoms with Crippen LogP contribution in [0, 0.1) is 0 Å². The van der Waals surface area contributed by atoms with Gasteiger partial charge in [-0.2, -0.15) is 0 Å². The second kappa shape index (κ2) is 25.5. The first-order valence-corrected chi connectivity index (χ1v) is 14.9. The molecular formula is C32H56O. The number of Topliss-reactive ketones (excluding diaryl/α,β-unsaturated/α-hetero) is 1. The summed E-state index contributed by atoms with van der Waals surface area (Å²) in [6, 6.07) is 0. The number of hydrogen-bond donors (Lipinski definition) is 0. The third-order valence-corrected chi connectivity index (χ3v) is 6.94. The summed E-state index contributed by atoms with van der Waals surface area (Å²) in [5.41, 5.74) is 0. The van der Waals surface area contributed by atoms with Gasteiger partial charge in [0.2, 0.25) is 0 Å². The van der Waals surface area contributed by atoms with Crippen LogP contribution in [0.15, 0.2) is 36.5 Å². The quantitative estimate of drug-likeness (QED) is 0.331. The lowest BCUT2D eigenvalue weighted by molar-refractivity contribution is -0.119. The molecule has 0 amide bonds. The minimum Gasteiger partial charge on any atom is -0.300 e. The zero-order chi connectivity index (χ0) is 23.5. The SMILES string of the molecule is C1=C\CCCCCCCCCCCC/C=C/1.O=C1CCCCCC/C=C/CCCCCCC1. The van der Waals surface area contributed by atoms with E-state index in [2.05, 4.69) is 36.5 Å². The van der Waals surface area contributed by atoms with Crippen molar-refractivity contribution < 1.29 is 4.79 Å². The molecule has 2 aliphatic carbocycles. The van der Waals surface area contributed by atoms with E-state index in [-0.39, 0.29) is 0 Å². The van der Waals surface area contributed by atoms with Gasteiger partial charge in [0.1, 0.15) is 5.78 Å². The highest BCUT2D eigenvalue weighted by molar-refractivity contribution is 5.78. The molecule has 0 heterocycles. The van der Waals surface area contributed by atoms with E-state index >= 15 is 0 Å². The van der Waals surface area contributed by atoms with Crippen molar-refractivity contribution in [3.63, 3.8) is 0 Å². The van der Waals surface area contributed by atoms with Gasteiger partial charge in [0.15, 0.2) is 0 Å². The first-order chi connectivity index (χ1) is 16.4. The fourth-order valence-electron chi connectivity index (χ4n) is 4.70. The smallest absolute Gasteiger partial charge is 0.132 e.